The number of rotatable bonds is 3. The number of para-hydroxylation sites is 1. The van der Waals surface area contributed by atoms with E-state index in [2.05, 4.69) is 22.0 Å². The van der Waals surface area contributed by atoms with Crippen molar-refractivity contribution in [2.45, 2.75) is 19.2 Å². The van der Waals surface area contributed by atoms with Crippen LogP contribution in [0.15, 0.2) is 30.3 Å². The van der Waals surface area contributed by atoms with Gasteiger partial charge in [-0.05, 0) is 43.2 Å². The Morgan fingerprint density at radius 3 is 2.40 bits per heavy atom. The lowest BCUT2D eigenvalue weighted by molar-refractivity contribution is 0.471. The molecule has 2 aromatic carbocycles. The van der Waals surface area contributed by atoms with Crippen LogP contribution in [0.5, 0.6) is 11.5 Å². The fraction of sp³-hybridized carbons (Fsp3) is 0.188. The Hall–Kier alpha value is -1.50. The lowest BCUT2D eigenvalue weighted by Crippen LogP contribution is -1.96. The molecule has 0 saturated heterocycles. The van der Waals surface area contributed by atoms with Crippen LogP contribution >= 0.6 is 27.5 Å². The zero-order valence-electron chi connectivity index (χ0n) is 11.2. The number of hydrogen-bond donors (Lipinski definition) is 0. The summed E-state index contributed by atoms with van der Waals surface area (Å²) in [7, 11) is 0. The van der Waals surface area contributed by atoms with E-state index in [9.17, 15) is 0 Å². The van der Waals surface area contributed by atoms with Gasteiger partial charge < -0.3 is 4.74 Å². The largest absolute Gasteiger partial charge is 0.455 e. The standard InChI is InChI=1S/C16H13BrClNO/c1-10-6-12(9-19)7-11(2)15(10)20-16-13(8-17)4-3-5-14(16)18/h3-7H,8H2,1-2H3. The highest BCUT2D eigenvalue weighted by atomic mass is 79.9. The first kappa shape index (κ1) is 14.9. The van der Waals surface area contributed by atoms with Crippen LogP contribution in [0, 0.1) is 25.2 Å². The summed E-state index contributed by atoms with van der Waals surface area (Å²) in [5.41, 5.74) is 3.46. The van der Waals surface area contributed by atoms with E-state index in [0.717, 1.165) is 22.4 Å². The zero-order valence-corrected chi connectivity index (χ0v) is 13.5. The minimum atomic E-state index is 0.574. The van der Waals surface area contributed by atoms with Crippen LogP contribution in [0.25, 0.3) is 0 Å². The van der Waals surface area contributed by atoms with Gasteiger partial charge in [0.15, 0.2) is 0 Å². The van der Waals surface area contributed by atoms with Crippen molar-refractivity contribution in [3.63, 3.8) is 0 Å². The van der Waals surface area contributed by atoms with Gasteiger partial charge in [0.1, 0.15) is 11.5 Å². The predicted molar refractivity (Wildman–Crippen MR) is 84.8 cm³/mol. The van der Waals surface area contributed by atoms with E-state index in [4.69, 9.17) is 21.6 Å². The molecule has 0 spiro atoms. The Kier molecular flexibility index (Phi) is 4.69. The van der Waals surface area contributed by atoms with Crippen LogP contribution < -0.4 is 4.74 Å². The first-order chi connectivity index (χ1) is 9.56. The summed E-state index contributed by atoms with van der Waals surface area (Å²) in [5.74, 6) is 1.40. The highest BCUT2D eigenvalue weighted by Gasteiger charge is 2.13. The van der Waals surface area contributed by atoms with E-state index >= 15 is 0 Å². The second-order valence-corrected chi connectivity index (χ2v) is 5.48. The molecule has 0 aliphatic carbocycles. The number of benzene rings is 2. The monoisotopic (exact) mass is 349 g/mol. The van der Waals surface area contributed by atoms with Crippen LogP contribution in [-0.4, -0.2) is 0 Å². The molecule has 0 amide bonds. The van der Waals surface area contributed by atoms with E-state index < -0.39 is 0 Å². The van der Waals surface area contributed by atoms with Crippen LogP contribution in [-0.2, 0) is 5.33 Å². The third-order valence-electron chi connectivity index (χ3n) is 2.99. The van der Waals surface area contributed by atoms with E-state index in [-0.39, 0.29) is 0 Å². The summed E-state index contributed by atoms with van der Waals surface area (Å²) in [5, 5.41) is 10.2. The van der Waals surface area contributed by atoms with Crippen LogP contribution in [0.1, 0.15) is 22.3 Å². The number of aryl methyl sites for hydroxylation is 2. The van der Waals surface area contributed by atoms with E-state index in [1.165, 1.54) is 0 Å². The Balaban J connectivity index is 2.49. The maximum Gasteiger partial charge on any atom is 0.150 e. The molecule has 0 aliphatic heterocycles. The van der Waals surface area contributed by atoms with E-state index in [1.807, 2.05) is 38.1 Å². The maximum atomic E-state index is 8.98. The van der Waals surface area contributed by atoms with Gasteiger partial charge in [0.2, 0.25) is 0 Å². The van der Waals surface area contributed by atoms with Crippen molar-refractivity contribution in [3.05, 3.63) is 57.6 Å². The summed E-state index contributed by atoms with van der Waals surface area (Å²) in [6.07, 6.45) is 0. The molecule has 0 unspecified atom stereocenters. The van der Waals surface area contributed by atoms with Gasteiger partial charge in [-0.3, -0.25) is 0 Å². The molecule has 0 heterocycles. The minimum Gasteiger partial charge on any atom is -0.455 e. The van der Waals surface area contributed by atoms with Gasteiger partial charge in [0, 0.05) is 10.9 Å². The molecule has 102 valence electrons. The Bertz CT molecular complexity index is 668. The fourth-order valence-corrected chi connectivity index (χ4v) is 2.73. The van der Waals surface area contributed by atoms with E-state index in [1.54, 1.807) is 6.07 Å². The van der Waals surface area contributed by atoms with Crippen molar-refractivity contribution >= 4 is 27.5 Å². The number of alkyl halides is 1. The number of nitrogens with zero attached hydrogens (tertiary/aromatic N) is 1. The molecule has 2 aromatic rings. The van der Waals surface area contributed by atoms with Crippen molar-refractivity contribution in [1.29, 1.82) is 5.26 Å². The summed E-state index contributed by atoms with van der Waals surface area (Å²) in [4.78, 5) is 0. The van der Waals surface area contributed by atoms with Gasteiger partial charge in [-0.25, -0.2) is 0 Å². The molecule has 0 aliphatic rings. The minimum absolute atomic E-state index is 0.574. The SMILES string of the molecule is Cc1cc(C#N)cc(C)c1Oc1c(Cl)cccc1CBr. The van der Waals surface area contributed by atoms with Crippen molar-refractivity contribution in [3.8, 4) is 17.6 Å². The highest BCUT2D eigenvalue weighted by Crippen LogP contribution is 2.37. The van der Waals surface area contributed by atoms with Crippen molar-refractivity contribution in [1.82, 2.24) is 0 Å². The molecule has 0 N–H and O–H groups in total. The first-order valence-electron chi connectivity index (χ1n) is 6.09. The third-order valence-corrected chi connectivity index (χ3v) is 3.89. The van der Waals surface area contributed by atoms with Crippen LogP contribution in [0.4, 0.5) is 0 Å². The summed E-state index contributed by atoms with van der Waals surface area (Å²) < 4.78 is 6.02. The molecule has 0 aromatic heterocycles. The highest BCUT2D eigenvalue weighted by molar-refractivity contribution is 9.08. The quantitative estimate of drug-likeness (QED) is 0.683. The van der Waals surface area contributed by atoms with Gasteiger partial charge in [0.05, 0.1) is 16.7 Å². The number of nitriles is 1. The summed E-state index contributed by atoms with van der Waals surface area (Å²) in [6.45, 7) is 3.85. The van der Waals surface area contributed by atoms with Gasteiger partial charge in [0.25, 0.3) is 0 Å². The Labute approximate surface area is 132 Å². The van der Waals surface area contributed by atoms with Gasteiger partial charge in [-0.1, -0.05) is 39.7 Å². The molecular weight excluding hydrogens is 338 g/mol. The lowest BCUT2D eigenvalue weighted by Gasteiger charge is -2.15. The molecule has 0 atom stereocenters. The third kappa shape index (κ3) is 2.98. The molecule has 2 nitrogen and oxygen atoms in total. The molecule has 2 rings (SSSR count). The van der Waals surface area contributed by atoms with Gasteiger partial charge >= 0.3 is 0 Å². The number of halogens is 2. The smallest absolute Gasteiger partial charge is 0.150 e. The predicted octanol–water partition coefficient (Wildman–Crippen LogP) is 5.52. The lowest BCUT2D eigenvalue weighted by atomic mass is 10.1. The van der Waals surface area contributed by atoms with Crippen molar-refractivity contribution in [2.75, 3.05) is 0 Å². The van der Waals surface area contributed by atoms with Crippen LogP contribution in [0.3, 0.4) is 0 Å². The molecule has 0 saturated carbocycles. The van der Waals surface area contributed by atoms with E-state index in [0.29, 0.717) is 21.7 Å². The average molecular weight is 351 g/mol. The first-order valence-corrected chi connectivity index (χ1v) is 7.59. The summed E-state index contributed by atoms with van der Waals surface area (Å²) >= 11 is 9.66. The van der Waals surface area contributed by atoms with Crippen molar-refractivity contribution < 1.29 is 4.74 Å². The average Bonchev–Trinajstić information content (AvgIpc) is 2.43. The molecule has 0 fully saturated rings. The fourth-order valence-electron chi connectivity index (χ4n) is 2.05. The summed E-state index contributed by atoms with van der Waals surface area (Å²) in [6, 6.07) is 11.4. The zero-order chi connectivity index (χ0) is 14.7. The second kappa shape index (κ2) is 6.30. The second-order valence-electron chi connectivity index (χ2n) is 4.51. The van der Waals surface area contributed by atoms with Crippen molar-refractivity contribution in [2.24, 2.45) is 0 Å². The molecular formula is C16H13BrClNO. The molecule has 4 heteroatoms. The topological polar surface area (TPSA) is 33.0 Å². The van der Waals surface area contributed by atoms with Gasteiger partial charge in [-0.2, -0.15) is 5.26 Å². The maximum absolute atomic E-state index is 8.98. The number of hydrogen-bond acceptors (Lipinski definition) is 2. The molecule has 20 heavy (non-hydrogen) atoms. The molecule has 0 bridgehead atoms. The molecule has 0 radical (unpaired) electrons. The van der Waals surface area contributed by atoms with Gasteiger partial charge in [-0.15, -0.1) is 0 Å². The normalized spacial score (nSPS) is 10.2. The van der Waals surface area contributed by atoms with Crippen LogP contribution in [0.2, 0.25) is 5.02 Å². The Morgan fingerprint density at radius 2 is 1.85 bits per heavy atom. The number of ether oxygens (including phenoxy) is 1. The Morgan fingerprint density at radius 1 is 1.20 bits per heavy atom.